The molecule has 0 spiro atoms. The minimum Gasteiger partial charge on any atom is -0.332 e. The third-order valence-electron chi connectivity index (χ3n) is 14.3. The summed E-state index contributed by atoms with van der Waals surface area (Å²) in [6.45, 7) is 0. The Morgan fingerprint density at radius 3 is 1.92 bits per heavy atom. The Kier molecular flexibility index (Phi) is 8.22. The maximum atomic E-state index is 7.29. The summed E-state index contributed by atoms with van der Waals surface area (Å²) in [5.41, 5.74) is 22.5. The number of allylic oxidation sites excluding steroid dienone is 9. The van der Waals surface area contributed by atoms with E-state index in [1.807, 2.05) is 0 Å². The smallest absolute Gasteiger partial charge is 0.0701 e. The fourth-order valence-corrected chi connectivity index (χ4v) is 11.6. The first-order valence-electron chi connectivity index (χ1n) is 22.4. The molecule has 2 aromatic heterocycles. The van der Waals surface area contributed by atoms with E-state index in [1.165, 1.54) is 104 Å². The van der Waals surface area contributed by atoms with E-state index < -0.39 is 0 Å². The van der Waals surface area contributed by atoms with E-state index >= 15 is 0 Å². The maximum absolute atomic E-state index is 7.29. The van der Waals surface area contributed by atoms with Crippen LogP contribution in [0.25, 0.3) is 76.4 Å². The van der Waals surface area contributed by atoms with Crippen molar-refractivity contribution in [2.75, 3.05) is 0 Å². The topological polar surface area (TPSA) is 35.9 Å². The predicted molar refractivity (Wildman–Crippen MR) is 266 cm³/mol. The monoisotopic (exact) mass is 807 g/mol. The summed E-state index contributed by atoms with van der Waals surface area (Å²) in [5.74, 6) is 0.0855. The van der Waals surface area contributed by atoms with E-state index in [4.69, 9.17) is 5.73 Å². The van der Waals surface area contributed by atoms with Crippen molar-refractivity contribution in [2.24, 2.45) is 11.7 Å². The summed E-state index contributed by atoms with van der Waals surface area (Å²) < 4.78 is 5.23. The number of aromatic nitrogens is 2. The summed E-state index contributed by atoms with van der Waals surface area (Å²) in [6.07, 6.45) is 19.1. The first-order chi connectivity index (χ1) is 31.2. The summed E-state index contributed by atoms with van der Waals surface area (Å²) in [6, 6.07) is 60.6. The highest BCUT2D eigenvalue weighted by atomic mass is 15.0. The van der Waals surface area contributed by atoms with Crippen LogP contribution < -0.4 is 5.73 Å². The molecule has 300 valence electrons. The highest BCUT2D eigenvalue weighted by Gasteiger charge is 2.38. The van der Waals surface area contributed by atoms with Gasteiger partial charge in [-0.2, -0.15) is 0 Å². The number of hydrogen-bond acceptors (Lipinski definition) is 1. The number of para-hydroxylation sites is 2. The molecule has 13 rings (SSSR count). The lowest BCUT2D eigenvalue weighted by atomic mass is 9.71. The molecule has 3 aliphatic rings. The predicted octanol–water partition coefficient (Wildman–Crippen LogP) is 14.8. The van der Waals surface area contributed by atoms with E-state index in [-0.39, 0.29) is 18.0 Å². The summed E-state index contributed by atoms with van der Waals surface area (Å²) >= 11 is 0. The molecule has 10 aromatic rings. The lowest BCUT2D eigenvalue weighted by molar-refractivity contribution is 0.513. The molecule has 63 heavy (non-hydrogen) atoms. The Labute approximate surface area is 366 Å². The van der Waals surface area contributed by atoms with Crippen LogP contribution in [0.3, 0.4) is 0 Å². The Bertz CT molecular complexity index is 3620. The standard InChI is InChI=1S/C60H45N3/c61-58(39-21-5-2-6-22-39)57-44-27-9-13-31-48(44)60(49-32-14-10-28-45(49)57)63-54-34-18-16-26-43(54)52-36-55-51(37-56(52)63)42-25-15-17-33-53(42)62(55)59-46-29-11-7-23-40(46)50(35-38-19-3-1-4-20-38)41-24-8-12-30-47(41)59/h1-3,5-19,21-34,36-37,48,58,60H,4,20,35,61H2. The molecular formula is C60H45N3. The van der Waals surface area contributed by atoms with Gasteiger partial charge in [0.15, 0.2) is 0 Å². The Hall–Kier alpha value is -7.46. The van der Waals surface area contributed by atoms with Gasteiger partial charge in [0.2, 0.25) is 0 Å². The number of rotatable bonds is 6. The number of hydrogen-bond donors (Lipinski definition) is 1. The number of nitrogens with two attached hydrogens (primary N) is 1. The second kappa shape index (κ2) is 14.3. The summed E-state index contributed by atoms with van der Waals surface area (Å²) in [4.78, 5) is 0. The van der Waals surface area contributed by atoms with Gasteiger partial charge in [-0.25, -0.2) is 0 Å². The van der Waals surface area contributed by atoms with Crippen LogP contribution in [-0.2, 0) is 6.42 Å². The molecular weight excluding hydrogens is 763 g/mol. The normalized spacial score (nSPS) is 17.6. The zero-order valence-electron chi connectivity index (χ0n) is 35.0. The lowest BCUT2D eigenvalue weighted by Gasteiger charge is -2.39. The zero-order valence-corrected chi connectivity index (χ0v) is 35.0. The molecule has 0 amide bonds. The van der Waals surface area contributed by atoms with Crippen LogP contribution in [0.2, 0.25) is 0 Å². The van der Waals surface area contributed by atoms with Crippen molar-refractivity contribution >= 4 is 70.7 Å². The molecule has 0 saturated heterocycles. The third kappa shape index (κ3) is 5.43. The van der Waals surface area contributed by atoms with E-state index in [0.29, 0.717) is 0 Å². The van der Waals surface area contributed by atoms with Crippen molar-refractivity contribution in [3.8, 4) is 5.69 Å². The number of nitrogens with zero attached hydrogens (tertiary/aromatic N) is 2. The second-order valence-electron chi connectivity index (χ2n) is 17.6. The van der Waals surface area contributed by atoms with Crippen LogP contribution in [0.1, 0.15) is 47.2 Å². The largest absolute Gasteiger partial charge is 0.332 e. The van der Waals surface area contributed by atoms with Crippen LogP contribution in [0.4, 0.5) is 0 Å². The van der Waals surface area contributed by atoms with E-state index in [2.05, 4.69) is 215 Å². The molecule has 3 aliphatic carbocycles. The minimum absolute atomic E-state index is 0.00697. The molecule has 0 fully saturated rings. The Morgan fingerprint density at radius 1 is 0.556 bits per heavy atom. The van der Waals surface area contributed by atoms with E-state index in [9.17, 15) is 0 Å². The molecule has 2 N–H and O–H groups in total. The fraction of sp³-hybridized carbons (Fsp3) is 0.100. The number of benzene rings is 8. The van der Waals surface area contributed by atoms with Gasteiger partial charge in [-0.15, -0.1) is 0 Å². The molecule has 3 nitrogen and oxygen atoms in total. The van der Waals surface area contributed by atoms with Gasteiger partial charge in [-0.05, 0) is 87.7 Å². The van der Waals surface area contributed by atoms with Gasteiger partial charge in [0.1, 0.15) is 0 Å². The van der Waals surface area contributed by atoms with Gasteiger partial charge >= 0.3 is 0 Å². The van der Waals surface area contributed by atoms with E-state index in [0.717, 1.165) is 24.8 Å². The molecule has 3 atom stereocenters. The minimum atomic E-state index is -0.256. The quantitative estimate of drug-likeness (QED) is 0.167. The van der Waals surface area contributed by atoms with Crippen LogP contribution in [0, 0.1) is 5.92 Å². The van der Waals surface area contributed by atoms with Crippen molar-refractivity contribution in [3.05, 3.63) is 240 Å². The first kappa shape index (κ1) is 36.2. The average molecular weight is 808 g/mol. The maximum Gasteiger partial charge on any atom is 0.0701 e. The molecule has 0 saturated carbocycles. The SMILES string of the molecule is NC(C1=C2C=CC=CC2C(n2c3ccccc3c3cc4c(cc32)c2ccccc2n4-c2c3ccccc3c(CC3=CC=CCC3)c3ccccc23)c2ccccc21)c1ccccc1. The van der Waals surface area contributed by atoms with Crippen molar-refractivity contribution < 1.29 is 0 Å². The molecule has 3 heteroatoms. The zero-order chi connectivity index (χ0) is 41.6. The average Bonchev–Trinajstić information content (AvgIpc) is 3.84. The third-order valence-corrected chi connectivity index (χ3v) is 14.3. The molecule has 0 bridgehead atoms. The molecule has 8 aromatic carbocycles. The molecule has 3 unspecified atom stereocenters. The second-order valence-corrected chi connectivity index (χ2v) is 17.6. The van der Waals surface area contributed by atoms with Crippen molar-refractivity contribution in [1.29, 1.82) is 0 Å². The highest BCUT2D eigenvalue weighted by molar-refractivity contribution is 6.21. The Balaban J connectivity index is 1.10. The molecule has 0 aliphatic heterocycles. The van der Waals surface area contributed by atoms with Gasteiger partial charge in [-0.3, -0.25) is 0 Å². The van der Waals surface area contributed by atoms with Crippen molar-refractivity contribution in [2.45, 2.75) is 31.3 Å². The molecule has 2 heterocycles. The van der Waals surface area contributed by atoms with Crippen LogP contribution >= 0.6 is 0 Å². The van der Waals surface area contributed by atoms with Crippen LogP contribution in [0.5, 0.6) is 0 Å². The Morgan fingerprint density at radius 2 is 1.17 bits per heavy atom. The van der Waals surface area contributed by atoms with E-state index in [1.54, 1.807) is 0 Å². The lowest BCUT2D eigenvalue weighted by Crippen LogP contribution is -2.29. The van der Waals surface area contributed by atoms with Gasteiger partial charge in [-0.1, -0.05) is 188 Å². The van der Waals surface area contributed by atoms with Gasteiger partial charge in [0, 0.05) is 43.8 Å². The number of fused-ring (bicyclic) bond motifs is 10. The fourth-order valence-electron chi connectivity index (χ4n) is 11.6. The highest BCUT2D eigenvalue weighted by Crippen LogP contribution is 2.52. The first-order valence-corrected chi connectivity index (χ1v) is 22.4. The van der Waals surface area contributed by atoms with Gasteiger partial charge in [0.25, 0.3) is 0 Å². The van der Waals surface area contributed by atoms with Gasteiger partial charge in [0.05, 0.1) is 34.3 Å². The summed E-state index contributed by atoms with van der Waals surface area (Å²) in [7, 11) is 0. The summed E-state index contributed by atoms with van der Waals surface area (Å²) in [5, 5.41) is 10.2. The van der Waals surface area contributed by atoms with Gasteiger partial charge < -0.3 is 14.9 Å². The van der Waals surface area contributed by atoms with Crippen LogP contribution in [0.15, 0.2) is 217 Å². The van der Waals surface area contributed by atoms with Crippen molar-refractivity contribution in [3.63, 3.8) is 0 Å². The van der Waals surface area contributed by atoms with Crippen LogP contribution in [-0.4, -0.2) is 9.13 Å². The van der Waals surface area contributed by atoms with Crippen molar-refractivity contribution in [1.82, 2.24) is 9.13 Å². The molecule has 0 radical (unpaired) electrons.